The first kappa shape index (κ1) is 7.52. The zero-order chi connectivity index (χ0) is 8.43. The fourth-order valence-electron chi connectivity index (χ4n) is 0.750. The number of carbonyl (C=O) groups excluding carboxylic acids is 1. The molecule has 1 aromatic rings. The first-order valence-electron chi connectivity index (χ1n) is 3.05. The summed E-state index contributed by atoms with van der Waals surface area (Å²) >= 11 is 0. The van der Waals surface area contributed by atoms with Gasteiger partial charge < -0.3 is 10.9 Å². The molecule has 0 unspecified atom stereocenters. The Labute approximate surface area is 62.1 Å². The van der Waals surface area contributed by atoms with Crippen molar-refractivity contribution < 1.29 is 14.3 Å². The van der Waals surface area contributed by atoms with E-state index >= 15 is 0 Å². The van der Waals surface area contributed by atoms with Crippen molar-refractivity contribution >= 4 is 5.91 Å². The zero-order valence-electron chi connectivity index (χ0n) is 5.90. The van der Waals surface area contributed by atoms with Gasteiger partial charge in [0.2, 0.25) is 5.69 Å². The van der Waals surface area contributed by atoms with Crippen molar-refractivity contribution in [2.45, 2.75) is 13.3 Å². The smallest absolute Gasteiger partial charge is 0.308 e. The van der Waals surface area contributed by atoms with Crippen molar-refractivity contribution in [1.29, 1.82) is 0 Å². The maximum atomic E-state index is 10.7. The molecule has 0 radical (unpaired) electrons. The summed E-state index contributed by atoms with van der Waals surface area (Å²) in [6, 6.07) is 0. The topological polar surface area (TPSA) is 96.1 Å². The van der Waals surface area contributed by atoms with E-state index in [9.17, 15) is 10.0 Å². The molecule has 1 aromatic heterocycles. The molecular weight excluding hydrogens is 150 g/mol. The number of nitrogens with zero attached hydrogens (tertiary/aromatic N) is 2. The summed E-state index contributed by atoms with van der Waals surface area (Å²) in [5.74, 6) is -0.750. The van der Waals surface area contributed by atoms with Gasteiger partial charge >= 0.3 is 5.69 Å². The number of primary amides is 1. The normalized spacial score (nSPS) is 9.91. The maximum absolute atomic E-state index is 10.7. The second-order valence-electron chi connectivity index (χ2n) is 1.94. The van der Waals surface area contributed by atoms with Gasteiger partial charge in [-0.25, -0.2) is 0 Å². The van der Waals surface area contributed by atoms with Crippen LogP contribution in [0.1, 0.15) is 23.1 Å². The molecule has 0 aliphatic heterocycles. The average Bonchev–Trinajstić information content (AvgIpc) is 2.30. The van der Waals surface area contributed by atoms with Crippen LogP contribution < -0.4 is 10.6 Å². The van der Waals surface area contributed by atoms with Gasteiger partial charge in [-0.2, -0.15) is 0 Å². The van der Waals surface area contributed by atoms with E-state index in [-0.39, 0.29) is 16.3 Å². The molecule has 6 heteroatoms. The number of hydrogen-bond acceptors (Lipinski definition) is 4. The predicted molar refractivity (Wildman–Crippen MR) is 33.4 cm³/mol. The molecule has 0 aliphatic rings. The summed E-state index contributed by atoms with van der Waals surface area (Å²) in [5.41, 5.74) is 4.96. The molecule has 0 saturated carbocycles. The van der Waals surface area contributed by atoms with Crippen molar-refractivity contribution in [3.63, 3.8) is 0 Å². The Kier molecular flexibility index (Phi) is 1.75. The van der Waals surface area contributed by atoms with Crippen molar-refractivity contribution in [2.24, 2.45) is 5.73 Å². The first-order valence-corrected chi connectivity index (χ1v) is 3.05. The monoisotopic (exact) mass is 157 g/mol. The molecule has 0 aliphatic carbocycles. The first-order chi connectivity index (χ1) is 5.16. The lowest BCUT2D eigenvalue weighted by molar-refractivity contribution is -0.807. The SMILES string of the molecule is CCc1c(C(N)=O)no[n+]1[O-]. The maximum Gasteiger partial charge on any atom is 0.308 e. The third kappa shape index (κ3) is 1.14. The van der Waals surface area contributed by atoms with Gasteiger partial charge in [0.1, 0.15) is 0 Å². The highest BCUT2D eigenvalue weighted by atomic mass is 16.8. The van der Waals surface area contributed by atoms with E-state index in [1.165, 1.54) is 0 Å². The molecule has 0 bridgehead atoms. The summed E-state index contributed by atoms with van der Waals surface area (Å²) in [6.45, 7) is 1.70. The molecule has 1 amide bonds. The van der Waals surface area contributed by atoms with Crippen LogP contribution in [0.25, 0.3) is 0 Å². The van der Waals surface area contributed by atoms with Crippen molar-refractivity contribution in [3.05, 3.63) is 16.6 Å². The van der Waals surface area contributed by atoms with Gasteiger partial charge in [0.15, 0.2) is 0 Å². The van der Waals surface area contributed by atoms with Crippen molar-refractivity contribution in [1.82, 2.24) is 5.16 Å². The van der Waals surface area contributed by atoms with E-state index in [0.29, 0.717) is 6.42 Å². The van der Waals surface area contributed by atoms with Gasteiger partial charge in [-0.1, -0.05) is 6.92 Å². The zero-order valence-corrected chi connectivity index (χ0v) is 5.90. The fourth-order valence-corrected chi connectivity index (χ4v) is 0.750. The molecule has 2 N–H and O–H groups in total. The molecule has 1 heterocycles. The third-order valence-electron chi connectivity index (χ3n) is 1.27. The average molecular weight is 157 g/mol. The second-order valence-corrected chi connectivity index (χ2v) is 1.94. The number of hydrogen-bond donors (Lipinski definition) is 1. The second kappa shape index (κ2) is 2.57. The Hall–Kier alpha value is -1.59. The van der Waals surface area contributed by atoms with Crippen molar-refractivity contribution in [3.8, 4) is 0 Å². The molecule has 60 valence electrons. The number of aromatic nitrogens is 2. The van der Waals surface area contributed by atoms with Crippen LogP contribution in [0.3, 0.4) is 0 Å². The fraction of sp³-hybridized carbons (Fsp3) is 0.400. The van der Waals surface area contributed by atoms with Gasteiger partial charge in [-0.05, 0) is 4.90 Å². The minimum Gasteiger partial charge on any atom is -0.362 e. The van der Waals surface area contributed by atoms with Gasteiger partial charge in [0, 0.05) is 6.42 Å². The Morgan fingerprint density at radius 3 is 2.91 bits per heavy atom. The Bertz CT molecular complexity index is 281. The van der Waals surface area contributed by atoms with E-state index in [1.807, 2.05) is 0 Å². The summed E-state index contributed by atoms with van der Waals surface area (Å²) in [7, 11) is 0. The summed E-state index contributed by atoms with van der Waals surface area (Å²) < 4.78 is 4.16. The highest BCUT2D eigenvalue weighted by Gasteiger charge is 2.21. The standard InChI is InChI=1S/C5H7N3O3/c1-2-3-4(5(6)9)7-11-8(3)10/h2H2,1H3,(H2,6,9). The summed E-state index contributed by atoms with van der Waals surface area (Å²) in [6.07, 6.45) is 0.366. The largest absolute Gasteiger partial charge is 0.362 e. The van der Waals surface area contributed by atoms with Gasteiger partial charge in [0.05, 0.1) is 5.16 Å². The molecule has 11 heavy (non-hydrogen) atoms. The van der Waals surface area contributed by atoms with Gasteiger partial charge in [-0.3, -0.25) is 9.42 Å². The predicted octanol–water partition coefficient (Wildman–Crippen LogP) is -1.03. The van der Waals surface area contributed by atoms with Crippen LogP contribution in [0.2, 0.25) is 0 Å². The Balaban J connectivity index is 3.15. The highest BCUT2D eigenvalue weighted by molar-refractivity contribution is 5.91. The van der Waals surface area contributed by atoms with Gasteiger partial charge in [0.25, 0.3) is 5.91 Å². The number of nitrogens with two attached hydrogens (primary N) is 1. The van der Waals surface area contributed by atoms with Gasteiger partial charge in [-0.15, -0.1) is 0 Å². The summed E-state index contributed by atoms with van der Waals surface area (Å²) in [5, 5.41) is 13.8. The lowest BCUT2D eigenvalue weighted by Gasteiger charge is -1.88. The molecule has 0 atom stereocenters. The number of rotatable bonds is 2. The minimum absolute atomic E-state index is 0.0949. The van der Waals surface area contributed by atoms with Crippen LogP contribution in [0.5, 0.6) is 0 Å². The van der Waals surface area contributed by atoms with Crippen LogP contribution in [0, 0.1) is 5.21 Å². The molecule has 0 aromatic carbocycles. The van der Waals surface area contributed by atoms with E-state index in [4.69, 9.17) is 5.73 Å². The molecular formula is C5H7N3O3. The number of carbonyl (C=O) groups is 1. The quantitative estimate of drug-likeness (QED) is 0.555. The van der Waals surface area contributed by atoms with Crippen LogP contribution in [-0.4, -0.2) is 11.1 Å². The van der Waals surface area contributed by atoms with Crippen LogP contribution in [-0.2, 0) is 6.42 Å². The highest BCUT2D eigenvalue weighted by Crippen LogP contribution is 1.99. The number of amides is 1. The molecule has 1 rings (SSSR count). The minimum atomic E-state index is -0.750. The van der Waals surface area contributed by atoms with Crippen LogP contribution in [0.15, 0.2) is 4.63 Å². The van der Waals surface area contributed by atoms with E-state index < -0.39 is 5.91 Å². The molecule has 0 saturated heterocycles. The lowest BCUT2D eigenvalue weighted by Crippen LogP contribution is -2.29. The van der Waals surface area contributed by atoms with Crippen LogP contribution in [0.4, 0.5) is 0 Å². The Morgan fingerprint density at radius 2 is 2.55 bits per heavy atom. The molecule has 0 spiro atoms. The summed E-state index contributed by atoms with van der Waals surface area (Å²) in [4.78, 5) is 10.7. The Morgan fingerprint density at radius 1 is 1.91 bits per heavy atom. The van der Waals surface area contributed by atoms with E-state index in [1.54, 1.807) is 6.92 Å². The van der Waals surface area contributed by atoms with Crippen LogP contribution >= 0.6 is 0 Å². The molecule has 0 fully saturated rings. The van der Waals surface area contributed by atoms with E-state index in [0.717, 1.165) is 0 Å². The van der Waals surface area contributed by atoms with Crippen molar-refractivity contribution in [2.75, 3.05) is 0 Å². The molecule has 6 nitrogen and oxygen atoms in total. The lowest BCUT2D eigenvalue weighted by atomic mass is 10.2. The third-order valence-corrected chi connectivity index (χ3v) is 1.27. The van der Waals surface area contributed by atoms with E-state index in [2.05, 4.69) is 9.79 Å².